The average Bonchev–Trinajstić information content (AvgIpc) is 2.39. The van der Waals surface area contributed by atoms with Crippen molar-refractivity contribution in [2.45, 2.75) is 64.7 Å². The standard InChI is InChI=1S/C16H28O2/c1-2-3-4-5-6-7-8-9-10-11-12-13-14-16(18)15-17/h5-8,17H,2-4,9-15H2,1H3/b6-5+,8-7-. The second-order valence-electron chi connectivity index (χ2n) is 4.65. The highest BCUT2D eigenvalue weighted by molar-refractivity contribution is 5.79. The Bertz CT molecular complexity index is 241. The summed E-state index contributed by atoms with van der Waals surface area (Å²) in [5, 5.41) is 8.55. The maximum Gasteiger partial charge on any atom is 0.158 e. The van der Waals surface area contributed by atoms with E-state index in [-0.39, 0.29) is 12.4 Å². The Morgan fingerprint density at radius 1 is 0.944 bits per heavy atom. The lowest BCUT2D eigenvalue weighted by Crippen LogP contribution is -2.02. The predicted molar refractivity (Wildman–Crippen MR) is 77.6 cm³/mol. The number of rotatable bonds is 12. The predicted octanol–water partition coefficient (Wildman–Crippen LogP) is 4.19. The van der Waals surface area contributed by atoms with Crippen molar-refractivity contribution in [2.75, 3.05) is 6.61 Å². The molecule has 0 aliphatic rings. The van der Waals surface area contributed by atoms with Crippen LogP contribution in [0.5, 0.6) is 0 Å². The summed E-state index contributed by atoms with van der Waals surface area (Å²) in [4.78, 5) is 10.8. The molecule has 2 heteroatoms. The summed E-state index contributed by atoms with van der Waals surface area (Å²) in [6, 6.07) is 0. The van der Waals surface area contributed by atoms with E-state index in [1.165, 1.54) is 32.1 Å². The van der Waals surface area contributed by atoms with E-state index in [9.17, 15) is 4.79 Å². The molecule has 2 nitrogen and oxygen atoms in total. The summed E-state index contributed by atoms with van der Waals surface area (Å²) >= 11 is 0. The van der Waals surface area contributed by atoms with E-state index in [0.717, 1.165) is 19.3 Å². The third-order valence-electron chi connectivity index (χ3n) is 2.86. The van der Waals surface area contributed by atoms with Gasteiger partial charge in [0, 0.05) is 6.42 Å². The number of Topliss-reactive ketones (excluding diaryl/α,β-unsaturated/α-hetero) is 1. The molecule has 0 aromatic rings. The second-order valence-corrected chi connectivity index (χ2v) is 4.65. The number of hydrogen-bond donors (Lipinski definition) is 1. The SMILES string of the molecule is CCCC/C=C/C=C\CCCCCCC(=O)CO. The van der Waals surface area contributed by atoms with Gasteiger partial charge >= 0.3 is 0 Å². The van der Waals surface area contributed by atoms with Crippen LogP contribution in [0, 0.1) is 0 Å². The smallest absolute Gasteiger partial charge is 0.158 e. The molecule has 0 fully saturated rings. The lowest BCUT2D eigenvalue weighted by Gasteiger charge is -1.98. The van der Waals surface area contributed by atoms with Crippen molar-refractivity contribution in [2.24, 2.45) is 0 Å². The first-order valence-electron chi connectivity index (χ1n) is 7.25. The maximum absolute atomic E-state index is 10.8. The molecular weight excluding hydrogens is 224 g/mol. The fourth-order valence-corrected chi connectivity index (χ4v) is 1.69. The quantitative estimate of drug-likeness (QED) is 0.417. The van der Waals surface area contributed by atoms with E-state index in [1.807, 2.05) is 0 Å². The lowest BCUT2D eigenvalue weighted by atomic mass is 10.1. The molecular formula is C16H28O2. The molecule has 0 saturated carbocycles. The van der Waals surface area contributed by atoms with Gasteiger partial charge in [-0.25, -0.2) is 0 Å². The van der Waals surface area contributed by atoms with Crippen molar-refractivity contribution in [3.63, 3.8) is 0 Å². The Labute approximate surface area is 112 Å². The first-order valence-corrected chi connectivity index (χ1v) is 7.25. The number of unbranched alkanes of at least 4 members (excludes halogenated alkanes) is 6. The molecule has 0 amide bonds. The number of allylic oxidation sites excluding steroid dienone is 4. The Hall–Kier alpha value is -0.890. The molecule has 0 aliphatic carbocycles. The molecule has 104 valence electrons. The van der Waals surface area contributed by atoms with Crippen LogP contribution < -0.4 is 0 Å². The van der Waals surface area contributed by atoms with Crippen LogP contribution in [0.1, 0.15) is 64.7 Å². The van der Waals surface area contributed by atoms with Crippen LogP contribution in [0.4, 0.5) is 0 Å². The summed E-state index contributed by atoms with van der Waals surface area (Å²) in [7, 11) is 0. The normalized spacial score (nSPS) is 11.7. The van der Waals surface area contributed by atoms with Crippen LogP contribution in [0.3, 0.4) is 0 Å². The molecule has 1 N–H and O–H groups in total. The van der Waals surface area contributed by atoms with Crippen LogP contribution in [0.25, 0.3) is 0 Å². The van der Waals surface area contributed by atoms with E-state index < -0.39 is 0 Å². The van der Waals surface area contributed by atoms with E-state index in [2.05, 4.69) is 31.2 Å². The van der Waals surface area contributed by atoms with Crippen molar-refractivity contribution >= 4 is 5.78 Å². The largest absolute Gasteiger partial charge is 0.389 e. The van der Waals surface area contributed by atoms with Gasteiger partial charge in [-0.2, -0.15) is 0 Å². The Balaban J connectivity index is 3.22. The van der Waals surface area contributed by atoms with Crippen LogP contribution in [0.15, 0.2) is 24.3 Å². The minimum atomic E-state index is -0.299. The molecule has 0 spiro atoms. The highest BCUT2D eigenvalue weighted by atomic mass is 16.3. The number of hydrogen-bond acceptors (Lipinski definition) is 2. The number of ketones is 1. The highest BCUT2D eigenvalue weighted by Crippen LogP contribution is 2.06. The minimum Gasteiger partial charge on any atom is -0.389 e. The molecule has 0 atom stereocenters. The molecule has 0 aliphatic heterocycles. The van der Waals surface area contributed by atoms with Crippen molar-refractivity contribution in [3.05, 3.63) is 24.3 Å². The van der Waals surface area contributed by atoms with E-state index in [0.29, 0.717) is 6.42 Å². The molecule has 0 aromatic carbocycles. The van der Waals surface area contributed by atoms with Crippen LogP contribution >= 0.6 is 0 Å². The van der Waals surface area contributed by atoms with E-state index >= 15 is 0 Å². The van der Waals surface area contributed by atoms with Gasteiger partial charge in [0.05, 0.1) is 0 Å². The summed E-state index contributed by atoms with van der Waals surface area (Å²) in [5.41, 5.74) is 0. The fourth-order valence-electron chi connectivity index (χ4n) is 1.69. The van der Waals surface area contributed by atoms with Crippen molar-refractivity contribution < 1.29 is 9.90 Å². The zero-order valence-corrected chi connectivity index (χ0v) is 11.7. The molecule has 0 radical (unpaired) electrons. The van der Waals surface area contributed by atoms with Gasteiger partial charge in [0.25, 0.3) is 0 Å². The summed E-state index contributed by atoms with van der Waals surface area (Å²) in [6.45, 7) is 1.91. The van der Waals surface area contributed by atoms with Crippen LogP contribution in [-0.2, 0) is 4.79 Å². The van der Waals surface area contributed by atoms with Gasteiger partial charge in [0.15, 0.2) is 5.78 Å². The monoisotopic (exact) mass is 252 g/mol. The van der Waals surface area contributed by atoms with Gasteiger partial charge in [0.1, 0.15) is 6.61 Å². The average molecular weight is 252 g/mol. The molecule has 0 unspecified atom stereocenters. The maximum atomic E-state index is 10.8. The summed E-state index contributed by atoms with van der Waals surface area (Å²) in [6.07, 6.45) is 18.4. The zero-order valence-electron chi connectivity index (χ0n) is 11.7. The molecule has 0 saturated heterocycles. The molecule has 0 bridgehead atoms. The Morgan fingerprint density at radius 2 is 1.56 bits per heavy atom. The Kier molecular flexibility index (Phi) is 13.5. The minimum absolute atomic E-state index is 0.0351. The van der Waals surface area contributed by atoms with Gasteiger partial charge in [-0.05, 0) is 25.7 Å². The second kappa shape index (κ2) is 14.2. The van der Waals surface area contributed by atoms with Crippen molar-refractivity contribution in [1.82, 2.24) is 0 Å². The number of carbonyl (C=O) groups is 1. The lowest BCUT2D eigenvalue weighted by molar-refractivity contribution is -0.121. The number of aliphatic hydroxyl groups excluding tert-OH is 1. The first kappa shape index (κ1) is 17.1. The fraction of sp³-hybridized carbons (Fsp3) is 0.688. The van der Waals surface area contributed by atoms with E-state index in [1.54, 1.807) is 0 Å². The molecule has 0 rings (SSSR count). The number of carbonyl (C=O) groups excluding carboxylic acids is 1. The molecule has 0 aromatic heterocycles. The van der Waals surface area contributed by atoms with E-state index in [4.69, 9.17) is 5.11 Å². The molecule has 0 heterocycles. The number of aliphatic hydroxyl groups is 1. The van der Waals surface area contributed by atoms with Crippen molar-refractivity contribution in [1.29, 1.82) is 0 Å². The van der Waals surface area contributed by atoms with Crippen molar-refractivity contribution in [3.8, 4) is 0 Å². The topological polar surface area (TPSA) is 37.3 Å². The van der Waals surface area contributed by atoms with Gasteiger partial charge < -0.3 is 5.11 Å². The Morgan fingerprint density at radius 3 is 2.17 bits per heavy atom. The molecule has 18 heavy (non-hydrogen) atoms. The summed E-state index contributed by atoms with van der Waals surface area (Å²) < 4.78 is 0. The van der Waals surface area contributed by atoms with Gasteiger partial charge in [0.2, 0.25) is 0 Å². The van der Waals surface area contributed by atoms with Crippen LogP contribution in [-0.4, -0.2) is 17.5 Å². The third-order valence-corrected chi connectivity index (χ3v) is 2.86. The zero-order chi connectivity index (χ0) is 13.5. The van der Waals surface area contributed by atoms with Gasteiger partial charge in [-0.1, -0.05) is 56.9 Å². The summed E-state index contributed by atoms with van der Waals surface area (Å²) in [5.74, 6) is -0.0351. The third kappa shape index (κ3) is 13.2. The van der Waals surface area contributed by atoms with Gasteiger partial charge in [-0.15, -0.1) is 0 Å². The van der Waals surface area contributed by atoms with Crippen LogP contribution in [0.2, 0.25) is 0 Å². The highest BCUT2D eigenvalue weighted by Gasteiger charge is 1.97. The first-order chi connectivity index (χ1) is 8.81. The van der Waals surface area contributed by atoms with Gasteiger partial charge in [-0.3, -0.25) is 4.79 Å².